The molecule has 3 heteroatoms. The van der Waals surface area contributed by atoms with Crippen molar-refractivity contribution in [3.63, 3.8) is 0 Å². The second kappa shape index (κ2) is 4.02. The minimum atomic E-state index is -0.0631. The van der Waals surface area contributed by atoms with Crippen LogP contribution in [0.3, 0.4) is 0 Å². The van der Waals surface area contributed by atoms with Gasteiger partial charge in [0.1, 0.15) is 0 Å². The summed E-state index contributed by atoms with van der Waals surface area (Å²) in [7, 11) is 2.15. The van der Waals surface area contributed by atoms with Crippen molar-refractivity contribution in [2.45, 2.75) is 51.5 Å². The molecule has 0 atom stereocenters. The van der Waals surface area contributed by atoms with E-state index < -0.39 is 0 Å². The topological polar surface area (TPSA) is 32.3 Å². The number of carbonyl (C=O) groups is 1. The third-order valence-electron chi connectivity index (χ3n) is 4.51. The van der Waals surface area contributed by atoms with E-state index in [1.807, 2.05) is 0 Å². The molecule has 0 unspecified atom stereocenters. The Morgan fingerprint density at radius 1 is 1.12 bits per heavy atom. The SMILES string of the molecule is CN1CCC(C)(NC(=O)C2(C)CCC2)CC1. The van der Waals surface area contributed by atoms with Crippen LogP contribution >= 0.6 is 0 Å². The van der Waals surface area contributed by atoms with Crippen molar-refractivity contribution in [1.82, 2.24) is 10.2 Å². The lowest BCUT2D eigenvalue weighted by atomic mass is 9.69. The highest BCUT2D eigenvalue weighted by atomic mass is 16.2. The maximum atomic E-state index is 12.2. The fourth-order valence-corrected chi connectivity index (χ4v) is 2.60. The molecule has 16 heavy (non-hydrogen) atoms. The molecule has 0 radical (unpaired) electrons. The number of hydrogen-bond donors (Lipinski definition) is 1. The van der Waals surface area contributed by atoms with Crippen LogP contribution in [0, 0.1) is 5.41 Å². The molecule has 0 bridgehead atoms. The summed E-state index contributed by atoms with van der Waals surface area (Å²) in [4.78, 5) is 14.5. The molecule has 0 aromatic heterocycles. The first-order valence-corrected chi connectivity index (χ1v) is 6.45. The molecule has 1 aliphatic carbocycles. The van der Waals surface area contributed by atoms with E-state index in [2.05, 4.69) is 31.1 Å². The molecule has 1 heterocycles. The zero-order valence-corrected chi connectivity index (χ0v) is 10.8. The zero-order chi connectivity index (χ0) is 11.8. The van der Waals surface area contributed by atoms with Crippen molar-refractivity contribution in [2.75, 3.05) is 20.1 Å². The van der Waals surface area contributed by atoms with Crippen LogP contribution in [0.5, 0.6) is 0 Å². The lowest BCUT2D eigenvalue weighted by Gasteiger charge is -2.43. The van der Waals surface area contributed by atoms with E-state index in [1.165, 1.54) is 6.42 Å². The molecule has 1 N–H and O–H groups in total. The average Bonchev–Trinajstić information content (AvgIpc) is 2.19. The van der Waals surface area contributed by atoms with E-state index in [1.54, 1.807) is 0 Å². The number of hydrogen-bond acceptors (Lipinski definition) is 2. The monoisotopic (exact) mass is 224 g/mol. The van der Waals surface area contributed by atoms with Crippen molar-refractivity contribution in [3.05, 3.63) is 0 Å². The summed E-state index contributed by atoms with van der Waals surface area (Å²) in [6.07, 6.45) is 5.49. The van der Waals surface area contributed by atoms with Gasteiger partial charge in [0.05, 0.1) is 0 Å². The molecule has 2 rings (SSSR count). The molecule has 1 aliphatic heterocycles. The first-order valence-electron chi connectivity index (χ1n) is 6.45. The van der Waals surface area contributed by atoms with Crippen LogP contribution in [0.15, 0.2) is 0 Å². The van der Waals surface area contributed by atoms with Crippen molar-refractivity contribution in [3.8, 4) is 0 Å². The standard InChI is InChI=1S/C13H24N2O/c1-12(5-4-6-12)11(16)14-13(2)7-9-15(3)10-8-13/h4-10H2,1-3H3,(H,14,16). The van der Waals surface area contributed by atoms with Gasteiger partial charge < -0.3 is 10.2 Å². The summed E-state index contributed by atoms with van der Waals surface area (Å²) in [5, 5.41) is 3.29. The number of nitrogens with one attached hydrogen (secondary N) is 1. The zero-order valence-electron chi connectivity index (χ0n) is 10.8. The number of piperidine rings is 1. The number of rotatable bonds is 2. The molecule has 2 aliphatic rings. The first kappa shape index (κ1) is 11.9. The van der Waals surface area contributed by atoms with Crippen molar-refractivity contribution < 1.29 is 4.79 Å². The molecular weight excluding hydrogens is 200 g/mol. The lowest BCUT2D eigenvalue weighted by molar-refractivity contribution is -0.137. The second-order valence-electron chi connectivity index (χ2n) is 6.23. The molecule has 1 amide bonds. The van der Waals surface area contributed by atoms with Gasteiger partial charge >= 0.3 is 0 Å². The summed E-state index contributed by atoms with van der Waals surface area (Å²) in [5.41, 5.74) is -0.0332. The van der Waals surface area contributed by atoms with Crippen LogP contribution in [0.1, 0.15) is 46.0 Å². The van der Waals surface area contributed by atoms with Crippen LogP contribution in [0.2, 0.25) is 0 Å². The summed E-state index contributed by atoms with van der Waals surface area (Å²) >= 11 is 0. The van der Waals surface area contributed by atoms with E-state index in [0.29, 0.717) is 0 Å². The number of likely N-dealkylation sites (tertiary alicyclic amines) is 1. The highest BCUT2D eigenvalue weighted by molar-refractivity contribution is 5.83. The Morgan fingerprint density at radius 2 is 1.69 bits per heavy atom. The smallest absolute Gasteiger partial charge is 0.226 e. The van der Waals surface area contributed by atoms with Gasteiger partial charge in [0.2, 0.25) is 5.91 Å². The normalized spacial score (nSPS) is 28.2. The Balaban J connectivity index is 1.91. The predicted octanol–water partition coefficient (Wildman–Crippen LogP) is 1.78. The summed E-state index contributed by atoms with van der Waals surface area (Å²) in [6, 6.07) is 0. The highest BCUT2D eigenvalue weighted by Crippen LogP contribution is 2.41. The molecule has 1 saturated heterocycles. The van der Waals surface area contributed by atoms with Gasteiger partial charge in [0.25, 0.3) is 0 Å². The van der Waals surface area contributed by atoms with Gasteiger partial charge in [-0.3, -0.25) is 4.79 Å². The summed E-state index contributed by atoms with van der Waals surface area (Å²) < 4.78 is 0. The highest BCUT2D eigenvalue weighted by Gasteiger charge is 2.42. The Morgan fingerprint density at radius 3 is 2.12 bits per heavy atom. The summed E-state index contributed by atoms with van der Waals surface area (Å²) in [6.45, 7) is 6.48. The maximum absolute atomic E-state index is 12.2. The number of nitrogens with zero attached hydrogens (tertiary/aromatic N) is 1. The van der Waals surface area contributed by atoms with Crippen LogP contribution in [0.4, 0.5) is 0 Å². The largest absolute Gasteiger partial charge is 0.350 e. The van der Waals surface area contributed by atoms with Crippen LogP contribution < -0.4 is 5.32 Å². The molecule has 1 saturated carbocycles. The van der Waals surface area contributed by atoms with Crippen molar-refractivity contribution >= 4 is 5.91 Å². The van der Waals surface area contributed by atoms with Crippen LogP contribution in [-0.2, 0) is 4.79 Å². The second-order valence-corrected chi connectivity index (χ2v) is 6.23. The average molecular weight is 224 g/mol. The van der Waals surface area contributed by atoms with Gasteiger partial charge in [0, 0.05) is 24.0 Å². The molecular formula is C13H24N2O. The molecule has 3 nitrogen and oxygen atoms in total. The van der Waals surface area contributed by atoms with Gasteiger partial charge in [0.15, 0.2) is 0 Å². The molecule has 0 aromatic rings. The quantitative estimate of drug-likeness (QED) is 0.775. The number of carbonyl (C=O) groups excluding carboxylic acids is 1. The van der Waals surface area contributed by atoms with E-state index in [9.17, 15) is 4.79 Å². The van der Waals surface area contributed by atoms with Gasteiger partial charge in [-0.05, 0) is 39.7 Å². The lowest BCUT2D eigenvalue weighted by Crippen LogP contribution is -2.57. The Labute approximate surface area is 98.6 Å². The van der Waals surface area contributed by atoms with Gasteiger partial charge in [-0.25, -0.2) is 0 Å². The molecule has 0 aromatic carbocycles. The van der Waals surface area contributed by atoms with E-state index in [4.69, 9.17) is 0 Å². The maximum Gasteiger partial charge on any atom is 0.226 e. The fourth-order valence-electron chi connectivity index (χ4n) is 2.60. The molecule has 92 valence electrons. The Bertz CT molecular complexity index is 276. The van der Waals surface area contributed by atoms with Crippen LogP contribution in [0.25, 0.3) is 0 Å². The predicted molar refractivity (Wildman–Crippen MR) is 65.2 cm³/mol. The minimum Gasteiger partial charge on any atom is -0.350 e. The van der Waals surface area contributed by atoms with E-state index in [0.717, 1.165) is 38.8 Å². The Kier molecular flexibility index (Phi) is 2.99. The molecule has 2 fully saturated rings. The van der Waals surface area contributed by atoms with Gasteiger partial charge in [-0.15, -0.1) is 0 Å². The molecule has 0 spiro atoms. The van der Waals surface area contributed by atoms with E-state index >= 15 is 0 Å². The van der Waals surface area contributed by atoms with Gasteiger partial charge in [-0.2, -0.15) is 0 Å². The van der Waals surface area contributed by atoms with Crippen molar-refractivity contribution in [2.24, 2.45) is 5.41 Å². The fraction of sp³-hybridized carbons (Fsp3) is 0.923. The third kappa shape index (κ3) is 2.24. The third-order valence-corrected chi connectivity index (χ3v) is 4.51. The first-order chi connectivity index (χ1) is 7.44. The van der Waals surface area contributed by atoms with Gasteiger partial charge in [-0.1, -0.05) is 13.3 Å². The minimum absolute atomic E-state index is 0.0300. The van der Waals surface area contributed by atoms with Crippen LogP contribution in [-0.4, -0.2) is 36.5 Å². The number of amides is 1. The van der Waals surface area contributed by atoms with E-state index in [-0.39, 0.29) is 16.9 Å². The Hall–Kier alpha value is -0.570. The summed E-state index contributed by atoms with van der Waals surface area (Å²) in [5.74, 6) is 0.283. The van der Waals surface area contributed by atoms with Crippen molar-refractivity contribution in [1.29, 1.82) is 0 Å².